The van der Waals surface area contributed by atoms with E-state index in [0.29, 0.717) is 25.7 Å². The summed E-state index contributed by atoms with van der Waals surface area (Å²) in [6, 6.07) is 0. The molecule has 0 saturated heterocycles. The number of rotatable bonds is 13. The van der Waals surface area contributed by atoms with Crippen molar-refractivity contribution in [1.29, 1.82) is 0 Å². The fourth-order valence-electron chi connectivity index (χ4n) is 3.76. The maximum atomic E-state index is 12.1. The van der Waals surface area contributed by atoms with Crippen LogP contribution >= 0.6 is 0 Å². The second-order valence-electron chi connectivity index (χ2n) is 7.46. The van der Waals surface area contributed by atoms with Crippen molar-refractivity contribution >= 4 is 11.8 Å². The van der Waals surface area contributed by atoms with Crippen molar-refractivity contribution in [2.45, 2.75) is 89.1 Å². The molecule has 6 atom stereocenters. The molecule has 0 aromatic rings. The Balaban J connectivity index is 2.62. The van der Waals surface area contributed by atoms with Gasteiger partial charge >= 0.3 is 5.97 Å². The zero-order valence-corrected chi connectivity index (χ0v) is 16.0. The van der Waals surface area contributed by atoms with E-state index in [4.69, 9.17) is 5.11 Å². The van der Waals surface area contributed by atoms with E-state index < -0.39 is 48.0 Å². The van der Waals surface area contributed by atoms with Gasteiger partial charge < -0.3 is 25.5 Å². The number of aliphatic hydroxyl groups is 4. The van der Waals surface area contributed by atoms with Crippen LogP contribution in [-0.2, 0) is 9.59 Å². The monoisotopic (exact) mass is 386 g/mol. The molecule has 1 fully saturated rings. The van der Waals surface area contributed by atoms with Gasteiger partial charge in [-0.1, -0.05) is 31.9 Å². The Morgan fingerprint density at radius 3 is 2.37 bits per heavy atom. The minimum atomic E-state index is -1.56. The number of allylic oxidation sites excluding steroid dienone is 2. The van der Waals surface area contributed by atoms with Crippen molar-refractivity contribution < 1.29 is 35.1 Å². The zero-order valence-electron chi connectivity index (χ0n) is 16.0. The molecule has 0 heterocycles. The fourth-order valence-corrected chi connectivity index (χ4v) is 3.76. The number of Topliss-reactive ketones (excluding diaryl/α,β-unsaturated/α-hetero) is 1. The van der Waals surface area contributed by atoms with Crippen molar-refractivity contribution in [2.75, 3.05) is 0 Å². The molecule has 0 aromatic carbocycles. The molecule has 27 heavy (non-hydrogen) atoms. The van der Waals surface area contributed by atoms with E-state index >= 15 is 0 Å². The third-order valence-electron chi connectivity index (χ3n) is 5.33. The number of carbonyl (C=O) groups is 2. The predicted molar refractivity (Wildman–Crippen MR) is 100 cm³/mol. The maximum absolute atomic E-state index is 12.1. The Kier molecular flexibility index (Phi) is 10.8. The molecule has 156 valence electrons. The van der Waals surface area contributed by atoms with Crippen molar-refractivity contribution in [1.82, 2.24) is 0 Å². The summed E-state index contributed by atoms with van der Waals surface area (Å²) in [6.45, 7) is 2.01. The van der Waals surface area contributed by atoms with E-state index in [1.54, 1.807) is 6.08 Å². The first-order valence-electron chi connectivity index (χ1n) is 9.91. The van der Waals surface area contributed by atoms with Crippen molar-refractivity contribution in [2.24, 2.45) is 11.8 Å². The van der Waals surface area contributed by atoms with E-state index in [-0.39, 0.29) is 19.3 Å². The lowest BCUT2D eigenvalue weighted by Gasteiger charge is -2.30. The smallest absolute Gasteiger partial charge is 0.303 e. The highest BCUT2D eigenvalue weighted by molar-refractivity contribution is 5.83. The van der Waals surface area contributed by atoms with Crippen LogP contribution in [0.1, 0.15) is 64.7 Å². The highest BCUT2D eigenvalue weighted by Gasteiger charge is 2.47. The number of ketones is 1. The molecule has 1 aliphatic rings. The molecule has 7 nitrogen and oxygen atoms in total. The van der Waals surface area contributed by atoms with Gasteiger partial charge in [0, 0.05) is 18.8 Å². The molecule has 1 aliphatic carbocycles. The lowest BCUT2D eigenvalue weighted by molar-refractivity contribution is -0.139. The van der Waals surface area contributed by atoms with Crippen LogP contribution in [0.25, 0.3) is 0 Å². The van der Waals surface area contributed by atoms with Gasteiger partial charge in [0.05, 0.1) is 18.3 Å². The van der Waals surface area contributed by atoms with Crippen LogP contribution < -0.4 is 0 Å². The van der Waals surface area contributed by atoms with Crippen LogP contribution in [0.3, 0.4) is 0 Å². The molecule has 1 rings (SSSR count). The molecule has 0 bridgehead atoms. The molecule has 2 unspecified atom stereocenters. The molecule has 0 radical (unpaired) electrons. The van der Waals surface area contributed by atoms with Gasteiger partial charge in [-0.3, -0.25) is 9.59 Å². The maximum Gasteiger partial charge on any atom is 0.303 e. The summed E-state index contributed by atoms with van der Waals surface area (Å²) in [6.07, 6.45) is 3.12. The predicted octanol–water partition coefficient (Wildman–Crippen LogP) is 1.42. The number of unbranched alkanes of at least 4 members (excludes halogenated alkanes) is 3. The Labute approximate surface area is 160 Å². The lowest BCUT2D eigenvalue weighted by Crippen LogP contribution is -2.44. The van der Waals surface area contributed by atoms with Gasteiger partial charge in [0.15, 0.2) is 5.78 Å². The first-order chi connectivity index (χ1) is 12.8. The largest absolute Gasteiger partial charge is 0.481 e. The van der Waals surface area contributed by atoms with Crippen molar-refractivity contribution in [3.05, 3.63) is 12.2 Å². The third-order valence-corrected chi connectivity index (χ3v) is 5.33. The minimum absolute atomic E-state index is 0.0861. The number of aliphatic carboxylic acids is 1. The van der Waals surface area contributed by atoms with Crippen LogP contribution in [-0.4, -0.2) is 61.7 Å². The van der Waals surface area contributed by atoms with E-state index in [0.717, 1.165) is 12.8 Å². The van der Waals surface area contributed by atoms with Gasteiger partial charge in [-0.15, -0.1) is 0 Å². The summed E-state index contributed by atoms with van der Waals surface area (Å²) >= 11 is 0. The van der Waals surface area contributed by atoms with Gasteiger partial charge in [-0.2, -0.15) is 0 Å². The van der Waals surface area contributed by atoms with Gasteiger partial charge in [0.25, 0.3) is 0 Å². The van der Waals surface area contributed by atoms with Crippen LogP contribution in [0, 0.1) is 11.8 Å². The number of carbonyl (C=O) groups excluding carboxylic acids is 1. The first-order valence-corrected chi connectivity index (χ1v) is 9.91. The molecule has 0 aromatic heterocycles. The topological polar surface area (TPSA) is 135 Å². The summed E-state index contributed by atoms with van der Waals surface area (Å²) in [4.78, 5) is 22.6. The van der Waals surface area contributed by atoms with Crippen LogP contribution in [0.2, 0.25) is 0 Å². The molecule has 0 amide bonds. The molecule has 0 spiro atoms. The normalized spacial score (nSPS) is 27.7. The Hall–Kier alpha value is -1.28. The zero-order chi connectivity index (χ0) is 20.4. The fraction of sp³-hybridized carbons (Fsp3) is 0.800. The summed E-state index contributed by atoms with van der Waals surface area (Å²) in [5.74, 6) is -2.54. The van der Waals surface area contributed by atoms with E-state index in [2.05, 4.69) is 0 Å². The molecule has 5 N–H and O–H groups in total. The highest BCUT2D eigenvalue weighted by Crippen LogP contribution is 2.38. The SMILES string of the molecule is CCCCCC(=O)C(O)C(O)[C@@H]1[C@@H](C/C=C\CCCC(=O)O)[C@@H](O)C[C@H]1O. The molecular formula is C20H34O7. The minimum Gasteiger partial charge on any atom is -0.481 e. The lowest BCUT2D eigenvalue weighted by atomic mass is 9.82. The Bertz CT molecular complexity index is 491. The summed E-state index contributed by atoms with van der Waals surface area (Å²) < 4.78 is 0. The van der Waals surface area contributed by atoms with E-state index in [9.17, 15) is 30.0 Å². The standard InChI is InChI=1S/C20H34O7/c1-2-3-6-10-14(21)19(26)20(27)18-13(15(22)12-16(18)23)9-7-4-5-8-11-17(24)25/h4,7,13,15-16,18-20,22-23,26-27H,2-3,5-6,8-12H2,1H3,(H,24,25)/b7-4-/t13-,15-,16+,18+,19?,20?/m0/s1. The summed E-state index contributed by atoms with van der Waals surface area (Å²) in [5, 5.41) is 49.7. The number of hydrogen-bond acceptors (Lipinski definition) is 6. The molecular weight excluding hydrogens is 352 g/mol. The highest BCUT2D eigenvalue weighted by atomic mass is 16.4. The third kappa shape index (κ3) is 7.70. The Morgan fingerprint density at radius 2 is 1.74 bits per heavy atom. The van der Waals surface area contributed by atoms with Crippen LogP contribution in [0.4, 0.5) is 0 Å². The molecule has 7 heteroatoms. The molecule has 1 saturated carbocycles. The second kappa shape index (κ2) is 12.2. The van der Waals surface area contributed by atoms with Crippen LogP contribution in [0.15, 0.2) is 12.2 Å². The molecule has 0 aliphatic heterocycles. The average molecular weight is 386 g/mol. The quantitative estimate of drug-likeness (QED) is 0.239. The average Bonchev–Trinajstić information content (AvgIpc) is 2.89. The van der Waals surface area contributed by atoms with Gasteiger partial charge in [0.2, 0.25) is 0 Å². The van der Waals surface area contributed by atoms with Gasteiger partial charge in [-0.25, -0.2) is 0 Å². The first kappa shape index (κ1) is 23.8. The Morgan fingerprint density at radius 1 is 1.04 bits per heavy atom. The van der Waals surface area contributed by atoms with Crippen molar-refractivity contribution in [3.63, 3.8) is 0 Å². The number of carboxylic acids is 1. The number of hydrogen-bond donors (Lipinski definition) is 5. The summed E-state index contributed by atoms with van der Waals surface area (Å²) in [7, 11) is 0. The van der Waals surface area contributed by atoms with Crippen LogP contribution in [0.5, 0.6) is 0 Å². The van der Waals surface area contributed by atoms with Crippen molar-refractivity contribution in [3.8, 4) is 0 Å². The van der Waals surface area contributed by atoms with E-state index in [1.807, 2.05) is 13.0 Å². The van der Waals surface area contributed by atoms with Gasteiger partial charge in [-0.05, 0) is 38.0 Å². The summed E-state index contributed by atoms with van der Waals surface area (Å²) in [5.41, 5.74) is 0. The number of carboxylic acid groups (broad SMARTS) is 1. The van der Waals surface area contributed by atoms with Gasteiger partial charge in [0.1, 0.15) is 6.10 Å². The second-order valence-corrected chi connectivity index (χ2v) is 7.46. The number of aliphatic hydroxyl groups excluding tert-OH is 4. The van der Waals surface area contributed by atoms with E-state index in [1.165, 1.54) is 0 Å².